The van der Waals surface area contributed by atoms with E-state index in [4.69, 9.17) is 4.74 Å². The van der Waals surface area contributed by atoms with Crippen LogP contribution in [0.4, 0.5) is 5.69 Å². The number of hydrogen-bond donors (Lipinski definition) is 1. The van der Waals surface area contributed by atoms with Crippen LogP contribution in [0.3, 0.4) is 0 Å². The standard InChI is InChI=1S/C14H19N5O2/c1-4-7-19-14(16-17-18-19)9-21-13-8-10(2)5-6-12(13)15-11(3)20/h5-6,8H,4,7,9H2,1-3H3,(H,15,20). The van der Waals surface area contributed by atoms with Gasteiger partial charge in [-0.3, -0.25) is 4.79 Å². The van der Waals surface area contributed by atoms with Gasteiger partial charge in [0, 0.05) is 13.5 Å². The van der Waals surface area contributed by atoms with Gasteiger partial charge in [0.2, 0.25) is 5.91 Å². The number of amides is 1. The lowest BCUT2D eigenvalue weighted by atomic mass is 10.2. The lowest BCUT2D eigenvalue weighted by Gasteiger charge is -2.12. The molecule has 0 fully saturated rings. The van der Waals surface area contributed by atoms with E-state index in [0.29, 0.717) is 17.3 Å². The number of aromatic nitrogens is 4. The van der Waals surface area contributed by atoms with Gasteiger partial charge in [-0.2, -0.15) is 0 Å². The summed E-state index contributed by atoms with van der Waals surface area (Å²) in [7, 11) is 0. The Balaban J connectivity index is 2.13. The molecule has 0 aliphatic rings. The third-order valence-corrected chi connectivity index (χ3v) is 2.85. The minimum Gasteiger partial charge on any atom is -0.483 e. The Labute approximate surface area is 123 Å². The number of anilines is 1. The summed E-state index contributed by atoms with van der Waals surface area (Å²) in [6, 6.07) is 5.61. The van der Waals surface area contributed by atoms with E-state index in [1.807, 2.05) is 25.1 Å². The SMILES string of the molecule is CCCn1nnnc1COc1cc(C)ccc1NC(C)=O. The van der Waals surface area contributed by atoms with Gasteiger partial charge in [-0.05, 0) is 41.5 Å². The van der Waals surface area contributed by atoms with Crippen molar-refractivity contribution >= 4 is 11.6 Å². The van der Waals surface area contributed by atoms with E-state index in [2.05, 4.69) is 27.8 Å². The van der Waals surface area contributed by atoms with E-state index in [1.165, 1.54) is 6.92 Å². The number of hydrogen-bond acceptors (Lipinski definition) is 5. The molecular weight excluding hydrogens is 270 g/mol. The van der Waals surface area contributed by atoms with Crippen molar-refractivity contribution in [3.05, 3.63) is 29.6 Å². The number of ether oxygens (including phenoxy) is 1. The van der Waals surface area contributed by atoms with Gasteiger partial charge < -0.3 is 10.1 Å². The van der Waals surface area contributed by atoms with Gasteiger partial charge >= 0.3 is 0 Å². The van der Waals surface area contributed by atoms with Gasteiger partial charge in [-0.1, -0.05) is 13.0 Å². The quantitative estimate of drug-likeness (QED) is 0.878. The fourth-order valence-corrected chi connectivity index (χ4v) is 1.90. The summed E-state index contributed by atoms with van der Waals surface area (Å²) in [5.41, 5.74) is 1.69. The minimum atomic E-state index is -0.139. The van der Waals surface area contributed by atoms with Gasteiger partial charge in [0.15, 0.2) is 5.82 Å². The Morgan fingerprint density at radius 1 is 1.43 bits per heavy atom. The van der Waals surface area contributed by atoms with Crippen LogP contribution in [-0.2, 0) is 17.9 Å². The lowest BCUT2D eigenvalue weighted by Crippen LogP contribution is -2.11. The normalized spacial score (nSPS) is 10.4. The van der Waals surface area contributed by atoms with Crippen molar-refractivity contribution in [2.75, 3.05) is 5.32 Å². The Kier molecular flexibility index (Phi) is 4.86. The van der Waals surface area contributed by atoms with Crippen molar-refractivity contribution in [3.63, 3.8) is 0 Å². The smallest absolute Gasteiger partial charge is 0.221 e. The van der Waals surface area contributed by atoms with Gasteiger partial charge in [-0.15, -0.1) is 5.10 Å². The van der Waals surface area contributed by atoms with Crippen LogP contribution < -0.4 is 10.1 Å². The van der Waals surface area contributed by atoms with E-state index in [1.54, 1.807) is 4.68 Å². The van der Waals surface area contributed by atoms with Crippen molar-refractivity contribution in [1.29, 1.82) is 0 Å². The third kappa shape index (κ3) is 4.01. The van der Waals surface area contributed by atoms with Crippen LogP contribution in [0.15, 0.2) is 18.2 Å². The summed E-state index contributed by atoms with van der Waals surface area (Å²) in [6.45, 7) is 6.49. The van der Waals surface area contributed by atoms with E-state index in [9.17, 15) is 4.79 Å². The highest BCUT2D eigenvalue weighted by Gasteiger charge is 2.10. The molecule has 0 aliphatic carbocycles. The molecule has 7 nitrogen and oxygen atoms in total. The van der Waals surface area contributed by atoms with Gasteiger partial charge in [-0.25, -0.2) is 4.68 Å². The summed E-state index contributed by atoms with van der Waals surface area (Å²) >= 11 is 0. The number of rotatable bonds is 6. The molecule has 1 aromatic carbocycles. The molecule has 0 aliphatic heterocycles. The van der Waals surface area contributed by atoms with Gasteiger partial charge in [0.1, 0.15) is 12.4 Å². The second kappa shape index (κ2) is 6.83. The van der Waals surface area contributed by atoms with Crippen molar-refractivity contribution in [2.45, 2.75) is 40.3 Å². The summed E-state index contributed by atoms with van der Waals surface area (Å²) in [4.78, 5) is 11.2. The maximum Gasteiger partial charge on any atom is 0.221 e. The fourth-order valence-electron chi connectivity index (χ4n) is 1.90. The number of carbonyl (C=O) groups excluding carboxylic acids is 1. The average molecular weight is 289 g/mol. The predicted molar refractivity (Wildman–Crippen MR) is 77.9 cm³/mol. The second-order valence-corrected chi connectivity index (χ2v) is 4.79. The first-order valence-electron chi connectivity index (χ1n) is 6.86. The van der Waals surface area contributed by atoms with Crippen LogP contribution in [-0.4, -0.2) is 26.1 Å². The highest BCUT2D eigenvalue weighted by molar-refractivity contribution is 5.90. The zero-order valence-electron chi connectivity index (χ0n) is 12.5. The molecule has 0 atom stereocenters. The molecule has 1 N–H and O–H groups in total. The lowest BCUT2D eigenvalue weighted by molar-refractivity contribution is -0.114. The summed E-state index contributed by atoms with van der Waals surface area (Å²) < 4.78 is 7.49. The minimum absolute atomic E-state index is 0.139. The molecule has 7 heteroatoms. The largest absolute Gasteiger partial charge is 0.483 e. The first-order chi connectivity index (χ1) is 10.1. The highest BCUT2D eigenvalue weighted by atomic mass is 16.5. The molecule has 1 heterocycles. The Hall–Kier alpha value is -2.44. The average Bonchev–Trinajstić information content (AvgIpc) is 2.86. The molecule has 1 aromatic heterocycles. The Morgan fingerprint density at radius 2 is 2.24 bits per heavy atom. The molecule has 0 unspecified atom stereocenters. The molecule has 0 spiro atoms. The monoisotopic (exact) mass is 289 g/mol. The van der Waals surface area contributed by atoms with Crippen molar-refractivity contribution in [1.82, 2.24) is 20.2 Å². The van der Waals surface area contributed by atoms with Crippen LogP contribution in [0.1, 0.15) is 31.7 Å². The Bertz CT molecular complexity index is 624. The highest BCUT2D eigenvalue weighted by Crippen LogP contribution is 2.26. The van der Waals surface area contributed by atoms with Crippen molar-refractivity contribution < 1.29 is 9.53 Å². The molecular formula is C14H19N5O2. The summed E-state index contributed by atoms with van der Waals surface area (Å²) in [5, 5.41) is 14.3. The van der Waals surface area contributed by atoms with Crippen LogP contribution in [0.25, 0.3) is 0 Å². The van der Waals surface area contributed by atoms with Crippen molar-refractivity contribution in [2.24, 2.45) is 0 Å². The number of tetrazole rings is 1. The number of aryl methyl sites for hydroxylation is 2. The number of benzene rings is 1. The first kappa shape index (κ1) is 15.0. The zero-order valence-corrected chi connectivity index (χ0v) is 12.5. The van der Waals surface area contributed by atoms with Crippen molar-refractivity contribution in [3.8, 4) is 5.75 Å². The molecule has 0 radical (unpaired) electrons. The number of carbonyl (C=O) groups is 1. The van der Waals surface area contributed by atoms with E-state index in [-0.39, 0.29) is 12.5 Å². The van der Waals surface area contributed by atoms with Crippen LogP contribution in [0.2, 0.25) is 0 Å². The molecule has 2 aromatic rings. The van der Waals surface area contributed by atoms with E-state index >= 15 is 0 Å². The third-order valence-electron chi connectivity index (χ3n) is 2.85. The van der Waals surface area contributed by atoms with E-state index < -0.39 is 0 Å². The van der Waals surface area contributed by atoms with Gasteiger partial charge in [0.25, 0.3) is 0 Å². The number of nitrogens with zero attached hydrogens (tertiary/aromatic N) is 4. The second-order valence-electron chi connectivity index (χ2n) is 4.79. The molecule has 0 saturated carbocycles. The fraction of sp³-hybridized carbons (Fsp3) is 0.429. The van der Waals surface area contributed by atoms with Crippen LogP contribution in [0, 0.1) is 6.92 Å². The van der Waals surface area contributed by atoms with E-state index in [0.717, 1.165) is 18.5 Å². The molecule has 112 valence electrons. The summed E-state index contributed by atoms with van der Waals surface area (Å²) in [6.07, 6.45) is 0.944. The topological polar surface area (TPSA) is 81.9 Å². The van der Waals surface area contributed by atoms with Crippen LogP contribution >= 0.6 is 0 Å². The van der Waals surface area contributed by atoms with Gasteiger partial charge in [0.05, 0.1) is 5.69 Å². The predicted octanol–water partition coefficient (Wildman–Crippen LogP) is 1.93. The number of nitrogens with one attached hydrogen (secondary N) is 1. The first-order valence-corrected chi connectivity index (χ1v) is 6.86. The summed E-state index contributed by atoms with van der Waals surface area (Å²) in [5.74, 6) is 1.13. The molecule has 21 heavy (non-hydrogen) atoms. The zero-order chi connectivity index (χ0) is 15.2. The molecule has 2 rings (SSSR count). The molecule has 1 amide bonds. The Morgan fingerprint density at radius 3 is 2.95 bits per heavy atom. The van der Waals surface area contributed by atoms with Crippen LogP contribution in [0.5, 0.6) is 5.75 Å². The maximum atomic E-state index is 11.2. The molecule has 0 saturated heterocycles. The molecule has 0 bridgehead atoms. The maximum absolute atomic E-state index is 11.2.